The van der Waals surface area contributed by atoms with Crippen LogP contribution >= 0.6 is 0 Å². The molecule has 658 valence electrons. The number of piperazine rings is 4. The number of unbranched alkanes of at least 4 members (excludes halogenated alkanes) is 2. The molecule has 8 aromatic carbocycles. The topological polar surface area (TPSA) is 257 Å². The summed E-state index contributed by atoms with van der Waals surface area (Å²) < 4.78 is 5.45. The Morgan fingerprint density at radius 3 is 1.13 bits per heavy atom. The first-order valence-corrected chi connectivity index (χ1v) is 44.7. The van der Waals surface area contributed by atoms with Gasteiger partial charge in [0.25, 0.3) is 5.91 Å². The number of amides is 9. The van der Waals surface area contributed by atoms with Crippen LogP contribution in [0.25, 0.3) is 22.3 Å². The van der Waals surface area contributed by atoms with Crippen molar-refractivity contribution in [3.63, 3.8) is 0 Å². The number of carbonyl (C=O) groups is 8. The lowest BCUT2D eigenvalue weighted by molar-refractivity contribution is -0.167. The maximum Gasteiger partial charge on any atom is 0.317 e. The molecule has 22 nitrogen and oxygen atoms in total. The number of hydrogen-bond donors (Lipinski definition) is 4. The Kier molecular flexibility index (Phi) is 29.8. The first-order chi connectivity index (χ1) is 61.6. The zero-order valence-corrected chi connectivity index (χ0v) is 73.9. The van der Waals surface area contributed by atoms with E-state index >= 15 is 0 Å². The molecule has 12 atom stereocenters. The van der Waals surface area contributed by atoms with Gasteiger partial charge in [0, 0.05) is 111 Å². The highest BCUT2D eigenvalue weighted by molar-refractivity contribution is 5.97. The fourth-order valence-corrected chi connectivity index (χ4v) is 19.6. The lowest BCUT2D eigenvalue weighted by Crippen LogP contribution is -2.73. The van der Waals surface area contributed by atoms with E-state index in [-0.39, 0.29) is 165 Å². The number of aromatic nitrogens is 1. The number of hydrogen-bond acceptors (Lipinski definition) is 13. The van der Waals surface area contributed by atoms with E-state index in [4.69, 9.17) is 4.74 Å². The second kappa shape index (κ2) is 41.7. The Balaban J connectivity index is 0.000000137. The summed E-state index contributed by atoms with van der Waals surface area (Å²) >= 11 is 0. The van der Waals surface area contributed by atoms with Gasteiger partial charge in [-0.05, 0) is 163 Å². The van der Waals surface area contributed by atoms with Crippen molar-refractivity contribution in [2.24, 2.45) is 0 Å². The molecule has 0 spiro atoms. The third kappa shape index (κ3) is 20.5. The van der Waals surface area contributed by atoms with E-state index in [1.807, 2.05) is 91.5 Å². The van der Waals surface area contributed by atoms with Crippen molar-refractivity contribution in [3.05, 3.63) is 291 Å². The van der Waals surface area contributed by atoms with Gasteiger partial charge in [-0.15, -0.1) is 0 Å². The zero-order valence-electron chi connectivity index (χ0n) is 73.9. The first-order valence-electron chi connectivity index (χ1n) is 44.7. The lowest BCUT2D eigenvalue weighted by atomic mass is 9.73. The number of ether oxygens (including phenoxy) is 1. The van der Waals surface area contributed by atoms with Gasteiger partial charge in [0.2, 0.25) is 35.4 Å². The van der Waals surface area contributed by atoms with Crippen LogP contribution in [0, 0.1) is 51.4 Å². The van der Waals surface area contributed by atoms with Crippen molar-refractivity contribution in [3.8, 4) is 45.9 Å². The van der Waals surface area contributed by atoms with E-state index in [0.29, 0.717) is 57.7 Å². The van der Waals surface area contributed by atoms with E-state index in [2.05, 4.69) is 190 Å². The molecular weight excluding hydrogens is 1590 g/mol. The summed E-state index contributed by atoms with van der Waals surface area (Å²) in [5.41, 5.74) is 18.1. The predicted molar refractivity (Wildman–Crippen MR) is 490 cm³/mol. The van der Waals surface area contributed by atoms with Gasteiger partial charge in [-0.1, -0.05) is 214 Å². The van der Waals surface area contributed by atoms with Crippen LogP contribution in [0.2, 0.25) is 0 Å². The van der Waals surface area contributed by atoms with E-state index in [1.54, 1.807) is 59.7 Å². The Labute approximate surface area is 745 Å². The van der Waals surface area contributed by atoms with Crippen LogP contribution in [0.1, 0.15) is 167 Å². The van der Waals surface area contributed by atoms with Crippen LogP contribution in [-0.4, -0.2) is 248 Å². The summed E-state index contributed by atoms with van der Waals surface area (Å²) in [4.78, 5) is 119. The van der Waals surface area contributed by atoms with Gasteiger partial charge in [0.05, 0.1) is 93.4 Å². The van der Waals surface area contributed by atoms with Crippen molar-refractivity contribution < 1.29 is 58.4 Å². The summed E-state index contributed by atoms with van der Waals surface area (Å²) in [7, 11) is 1.67. The van der Waals surface area contributed by atoms with Gasteiger partial charge in [-0.2, -0.15) is 0 Å². The SMILES string of the molecule is CCCCC(=O)N1CC(=O)N2[C@@H](CO)[C@@H](c3ccc(C#Cc4cccc(C)c4)cc3)[C@@H]2C1.CCCCC(=O)N1CC(=O)N2[C@@H](COC)[C@@H](c3ccc(C#Cc4cccc(C)c4)cc3)[C@@H]2C1.CCCNC(=O)N1CC(=O)N2[C@H](CO)[C@@H](c3ccc(-c4cccc(C)c4)cc3)[C@@H]2C1.Cc1cccc(-c2ccc([C@@H]3[C@H]4CN(C(=O)c5cccnc5)CC(=O)N4[C@H]3CO)cc2)c1. The highest BCUT2D eigenvalue weighted by Crippen LogP contribution is 2.48. The molecule has 0 saturated carbocycles. The Bertz CT molecular complexity index is 5550. The molecule has 0 bridgehead atoms. The molecule has 22 heteroatoms. The third-order valence-corrected chi connectivity index (χ3v) is 26.0. The minimum Gasteiger partial charge on any atom is -0.394 e. The number of nitrogens with zero attached hydrogens (tertiary/aromatic N) is 9. The van der Waals surface area contributed by atoms with Gasteiger partial charge in [0.15, 0.2) is 0 Å². The van der Waals surface area contributed by atoms with Gasteiger partial charge in [-0.25, -0.2) is 4.79 Å². The molecule has 0 radical (unpaired) electrons. The average Bonchev–Trinajstić information content (AvgIpc) is 0.743. The van der Waals surface area contributed by atoms with Crippen LogP contribution in [0.15, 0.2) is 219 Å². The van der Waals surface area contributed by atoms with Crippen molar-refractivity contribution in [2.45, 2.75) is 165 Å². The largest absolute Gasteiger partial charge is 0.394 e. The Hall–Kier alpha value is -12.6. The molecule has 0 unspecified atom stereocenters. The van der Waals surface area contributed by atoms with Crippen LogP contribution < -0.4 is 5.32 Å². The highest BCUT2D eigenvalue weighted by atomic mass is 16.5. The maximum atomic E-state index is 12.9. The average molecular weight is 1710 g/mol. The second-order valence-corrected chi connectivity index (χ2v) is 34.6. The maximum absolute atomic E-state index is 12.9. The van der Waals surface area contributed by atoms with Gasteiger partial charge in [0.1, 0.15) is 13.1 Å². The molecule has 127 heavy (non-hydrogen) atoms. The minimum absolute atomic E-state index is 0.00112. The van der Waals surface area contributed by atoms with Crippen molar-refractivity contribution in [1.82, 2.24) is 49.5 Å². The Morgan fingerprint density at radius 2 is 0.756 bits per heavy atom. The van der Waals surface area contributed by atoms with Crippen LogP contribution in [0.4, 0.5) is 4.79 Å². The fourth-order valence-electron chi connectivity index (χ4n) is 19.6. The monoisotopic (exact) mass is 1710 g/mol. The Morgan fingerprint density at radius 1 is 0.402 bits per heavy atom. The number of carbonyl (C=O) groups excluding carboxylic acids is 8. The number of rotatable bonds is 20. The molecule has 9 amide bonds. The van der Waals surface area contributed by atoms with E-state index in [1.165, 1.54) is 34.0 Å². The molecular formula is C105H116N10O12. The lowest BCUT2D eigenvalue weighted by Gasteiger charge is -2.59. The smallest absolute Gasteiger partial charge is 0.317 e. The van der Waals surface area contributed by atoms with Crippen LogP contribution in [0.3, 0.4) is 0 Å². The molecule has 9 aromatic rings. The van der Waals surface area contributed by atoms with E-state index in [9.17, 15) is 53.7 Å². The summed E-state index contributed by atoms with van der Waals surface area (Å²) in [5.74, 6) is 12.7. The standard InChI is InChI=1S/C28H32N2O3.C27H30N2O3.C26H25N3O3.C24H29N3O3/c1-4-5-9-26(31)29-17-24-28(25(19-33-3)30(24)27(32)18-29)23-14-12-21(13-15-23)10-11-22-8-6-7-20(2)16-22;1-3-4-8-25(31)28-16-23-27(24(18-30)29(23)26(32)17-28)22-13-11-20(12-14-22)9-10-21-7-5-6-19(2)15-21;1-17-4-2-5-20(12-17)18-7-9-19(10-8-18)25-22-14-28(15-24(31)29(22)23(25)16-30)26(32)21-6-3-11-27-13-21;1-3-11-25-24(30)26-13-20-23(21(15-28)27(20)22(29)14-26)18-9-7-17(8-10-18)19-6-4-5-16(2)12-19/h6-8,12-16,24-25,28H,4-5,9,17-19H2,1-3H3;5-7,11-15,23-24,27,30H,3-4,8,16-18H2,1-2H3;2-13,22-23,25,30H,14-16H2,1H3;4-10,12,20-21,23,28H,3,11,13-15H2,1-2H3,(H,25,30)/t24-,25-,28-;23-,24-,27-;22-,23+,25-;20-,21+,23-/m0010/s1. The number of pyridine rings is 1. The summed E-state index contributed by atoms with van der Waals surface area (Å²) in [6, 6.07) is 68.3. The number of aryl methyl sites for hydroxylation is 4. The summed E-state index contributed by atoms with van der Waals surface area (Å²) in [5, 5.41) is 32.8. The summed E-state index contributed by atoms with van der Waals surface area (Å²) in [6.07, 6.45) is 8.62. The number of aliphatic hydroxyl groups is 3. The molecule has 9 heterocycles. The first kappa shape index (κ1) is 90.7. The number of urea groups is 1. The summed E-state index contributed by atoms with van der Waals surface area (Å²) in [6.45, 7) is 17.7. The van der Waals surface area contributed by atoms with Crippen molar-refractivity contribution >= 4 is 47.4 Å². The molecule has 8 aliphatic rings. The van der Waals surface area contributed by atoms with E-state index in [0.717, 1.165) is 93.3 Å². The number of nitrogens with one attached hydrogen (secondary N) is 1. The molecule has 8 aliphatic heterocycles. The normalized spacial score (nSPS) is 22.2. The molecule has 0 aliphatic carbocycles. The van der Waals surface area contributed by atoms with Crippen molar-refractivity contribution in [2.75, 3.05) is 92.4 Å². The van der Waals surface area contributed by atoms with Crippen molar-refractivity contribution in [1.29, 1.82) is 0 Å². The number of fused-ring (bicyclic) bond motifs is 4. The van der Waals surface area contributed by atoms with E-state index < -0.39 is 0 Å². The van der Waals surface area contributed by atoms with Gasteiger partial charge >= 0.3 is 6.03 Å². The number of aliphatic hydroxyl groups excluding tert-OH is 3. The zero-order chi connectivity index (χ0) is 89.5. The fraction of sp³-hybridized carbons (Fsp3) is 0.381. The number of methoxy groups -OCH3 is 1. The van der Waals surface area contributed by atoms with Gasteiger partial charge < -0.3 is 64.6 Å². The minimum atomic E-state index is -0.257. The molecule has 8 fully saturated rings. The molecule has 8 saturated heterocycles. The molecule has 4 N–H and O–H groups in total. The van der Waals surface area contributed by atoms with Crippen LogP contribution in [0.5, 0.6) is 0 Å². The molecule has 17 rings (SSSR count). The quantitative estimate of drug-likeness (QED) is 0.0518. The second-order valence-electron chi connectivity index (χ2n) is 34.6. The molecule has 1 aromatic heterocycles. The predicted octanol–water partition coefficient (Wildman–Crippen LogP) is 12.4. The van der Waals surface area contributed by atoms with Gasteiger partial charge in [-0.3, -0.25) is 38.5 Å². The van der Waals surface area contributed by atoms with Crippen LogP contribution in [-0.2, 0) is 33.5 Å². The third-order valence-electron chi connectivity index (χ3n) is 26.0. The highest BCUT2D eigenvalue weighted by Gasteiger charge is 2.58. The number of benzene rings is 8.